The summed E-state index contributed by atoms with van der Waals surface area (Å²) in [4.78, 5) is 10.7. The predicted molar refractivity (Wildman–Crippen MR) is 77.9 cm³/mol. The summed E-state index contributed by atoms with van der Waals surface area (Å²) >= 11 is 11.5. The number of carboxylic acids is 1. The third kappa shape index (κ3) is 5.37. The summed E-state index contributed by atoms with van der Waals surface area (Å²) in [5.74, 6) is -0.0180. The third-order valence-electron chi connectivity index (χ3n) is 2.79. The standard InChI is InChI=1S/C13H18Cl2N2O2/c14-5-6-17-12(8-15)10-3-1-9(2-4-10)7-11(16)13(18)19/h1-4,11-12,17H,5-8,16H2,(H,18,19)/t11-,12?/m1/s1. The molecule has 4 nitrogen and oxygen atoms in total. The number of alkyl halides is 2. The second-order valence-electron chi connectivity index (χ2n) is 4.24. The zero-order chi connectivity index (χ0) is 14.3. The van der Waals surface area contributed by atoms with Crippen LogP contribution in [0.4, 0.5) is 0 Å². The number of hydrogen-bond acceptors (Lipinski definition) is 3. The van der Waals surface area contributed by atoms with Gasteiger partial charge in [0.05, 0.1) is 0 Å². The Balaban J connectivity index is 2.66. The van der Waals surface area contributed by atoms with Gasteiger partial charge in [-0.3, -0.25) is 4.79 Å². The molecule has 4 N–H and O–H groups in total. The van der Waals surface area contributed by atoms with Gasteiger partial charge in [0.15, 0.2) is 0 Å². The number of carbonyl (C=O) groups is 1. The van der Waals surface area contributed by atoms with E-state index in [2.05, 4.69) is 5.32 Å². The molecule has 0 heterocycles. The summed E-state index contributed by atoms with van der Waals surface area (Å²) < 4.78 is 0. The van der Waals surface area contributed by atoms with Gasteiger partial charge in [-0.2, -0.15) is 0 Å². The fourth-order valence-electron chi connectivity index (χ4n) is 1.72. The smallest absolute Gasteiger partial charge is 0.320 e. The van der Waals surface area contributed by atoms with E-state index in [9.17, 15) is 4.79 Å². The van der Waals surface area contributed by atoms with Gasteiger partial charge in [-0.25, -0.2) is 0 Å². The van der Waals surface area contributed by atoms with Crippen LogP contribution in [-0.2, 0) is 11.2 Å². The van der Waals surface area contributed by atoms with E-state index >= 15 is 0 Å². The maximum atomic E-state index is 10.7. The fraction of sp³-hybridized carbons (Fsp3) is 0.462. The molecular formula is C13H18Cl2N2O2. The summed E-state index contributed by atoms with van der Waals surface area (Å²) in [7, 11) is 0. The quantitative estimate of drug-likeness (QED) is 0.640. The number of nitrogens with two attached hydrogens (primary N) is 1. The molecule has 1 unspecified atom stereocenters. The molecule has 19 heavy (non-hydrogen) atoms. The van der Waals surface area contributed by atoms with Gasteiger partial charge >= 0.3 is 5.97 Å². The molecule has 0 aromatic heterocycles. The van der Waals surface area contributed by atoms with E-state index in [1.807, 2.05) is 24.3 Å². The fourth-order valence-corrected chi connectivity index (χ4v) is 2.11. The molecule has 0 spiro atoms. The van der Waals surface area contributed by atoms with Crippen LogP contribution in [0.5, 0.6) is 0 Å². The Morgan fingerprint density at radius 2 is 1.95 bits per heavy atom. The van der Waals surface area contributed by atoms with Crippen molar-refractivity contribution in [3.05, 3.63) is 35.4 Å². The molecular weight excluding hydrogens is 287 g/mol. The molecule has 0 saturated heterocycles. The second-order valence-corrected chi connectivity index (χ2v) is 4.93. The van der Waals surface area contributed by atoms with E-state index in [1.54, 1.807) is 0 Å². The minimum Gasteiger partial charge on any atom is -0.480 e. The number of nitrogens with one attached hydrogen (secondary N) is 1. The van der Waals surface area contributed by atoms with Crippen LogP contribution >= 0.6 is 23.2 Å². The number of halogens is 2. The SMILES string of the molecule is N[C@H](Cc1ccc(C(CCl)NCCCl)cc1)C(=O)O. The summed E-state index contributed by atoms with van der Waals surface area (Å²) in [5.41, 5.74) is 7.43. The Hall–Kier alpha value is -0.810. The van der Waals surface area contributed by atoms with E-state index < -0.39 is 12.0 Å². The van der Waals surface area contributed by atoms with Crippen LogP contribution in [-0.4, -0.2) is 35.4 Å². The van der Waals surface area contributed by atoms with Crippen molar-refractivity contribution in [1.29, 1.82) is 0 Å². The van der Waals surface area contributed by atoms with Crippen LogP contribution in [0, 0.1) is 0 Å². The summed E-state index contributed by atoms with van der Waals surface area (Å²) in [6.45, 7) is 0.685. The van der Waals surface area contributed by atoms with Crippen molar-refractivity contribution in [1.82, 2.24) is 5.32 Å². The van der Waals surface area contributed by atoms with Crippen molar-refractivity contribution in [3.63, 3.8) is 0 Å². The molecule has 0 bridgehead atoms. The minimum atomic E-state index is -0.994. The first kappa shape index (κ1) is 16.2. The summed E-state index contributed by atoms with van der Waals surface area (Å²) in [6.07, 6.45) is 0.316. The Morgan fingerprint density at radius 3 is 2.42 bits per heavy atom. The maximum absolute atomic E-state index is 10.7. The van der Waals surface area contributed by atoms with Crippen molar-refractivity contribution < 1.29 is 9.90 Å². The van der Waals surface area contributed by atoms with Crippen molar-refractivity contribution in [2.45, 2.75) is 18.5 Å². The Labute approximate surface area is 122 Å². The Bertz CT molecular complexity index is 398. The Kier molecular flexibility index (Phi) is 7.16. The van der Waals surface area contributed by atoms with Gasteiger partial charge in [0.25, 0.3) is 0 Å². The average molecular weight is 305 g/mol. The number of aliphatic carboxylic acids is 1. The molecule has 106 valence electrons. The van der Waals surface area contributed by atoms with Crippen molar-refractivity contribution >= 4 is 29.2 Å². The highest BCUT2D eigenvalue weighted by Gasteiger charge is 2.13. The predicted octanol–water partition coefficient (Wildman–Crippen LogP) is 1.75. The highest BCUT2D eigenvalue weighted by atomic mass is 35.5. The Morgan fingerprint density at radius 1 is 1.32 bits per heavy atom. The zero-order valence-electron chi connectivity index (χ0n) is 10.5. The van der Waals surface area contributed by atoms with Crippen molar-refractivity contribution in [3.8, 4) is 0 Å². The lowest BCUT2D eigenvalue weighted by Gasteiger charge is -2.16. The number of rotatable bonds is 8. The monoisotopic (exact) mass is 304 g/mol. The van der Waals surface area contributed by atoms with Crippen LogP contribution in [0.1, 0.15) is 17.2 Å². The van der Waals surface area contributed by atoms with Gasteiger partial charge in [-0.05, 0) is 17.5 Å². The van der Waals surface area contributed by atoms with E-state index in [1.165, 1.54) is 0 Å². The topological polar surface area (TPSA) is 75.3 Å². The minimum absolute atomic E-state index is 0.0441. The van der Waals surface area contributed by atoms with E-state index in [0.29, 0.717) is 24.7 Å². The van der Waals surface area contributed by atoms with Crippen molar-refractivity contribution in [2.24, 2.45) is 5.73 Å². The largest absolute Gasteiger partial charge is 0.480 e. The zero-order valence-corrected chi connectivity index (χ0v) is 12.0. The lowest BCUT2D eigenvalue weighted by Crippen LogP contribution is -2.32. The molecule has 0 aliphatic rings. The molecule has 1 aromatic carbocycles. The lowest BCUT2D eigenvalue weighted by molar-refractivity contribution is -0.138. The molecule has 1 aromatic rings. The first-order valence-electron chi connectivity index (χ1n) is 6.01. The van der Waals surface area contributed by atoms with Crippen LogP contribution < -0.4 is 11.1 Å². The molecule has 0 aliphatic heterocycles. The van der Waals surface area contributed by atoms with E-state index in [4.69, 9.17) is 34.0 Å². The van der Waals surface area contributed by atoms with Gasteiger partial charge in [0.2, 0.25) is 0 Å². The van der Waals surface area contributed by atoms with Gasteiger partial charge in [-0.15, -0.1) is 23.2 Å². The van der Waals surface area contributed by atoms with Crippen LogP contribution in [0.25, 0.3) is 0 Å². The lowest BCUT2D eigenvalue weighted by atomic mass is 10.0. The van der Waals surface area contributed by atoms with Gasteiger partial charge in [0.1, 0.15) is 6.04 Å². The molecule has 6 heteroatoms. The first-order chi connectivity index (χ1) is 9.08. The highest BCUT2D eigenvalue weighted by molar-refractivity contribution is 6.18. The van der Waals surface area contributed by atoms with E-state index in [-0.39, 0.29) is 6.04 Å². The highest BCUT2D eigenvalue weighted by Crippen LogP contribution is 2.16. The van der Waals surface area contributed by atoms with Crippen LogP contribution in [0.15, 0.2) is 24.3 Å². The van der Waals surface area contributed by atoms with Gasteiger partial charge < -0.3 is 16.2 Å². The summed E-state index contributed by atoms with van der Waals surface area (Å²) in [5, 5.41) is 12.0. The molecule has 0 fully saturated rings. The van der Waals surface area contributed by atoms with Crippen LogP contribution in [0.2, 0.25) is 0 Å². The molecule has 0 radical (unpaired) electrons. The molecule has 0 amide bonds. The molecule has 0 saturated carbocycles. The first-order valence-corrected chi connectivity index (χ1v) is 7.08. The molecule has 1 rings (SSSR count). The van der Waals surface area contributed by atoms with Crippen molar-refractivity contribution in [2.75, 3.05) is 18.3 Å². The number of benzene rings is 1. The van der Waals surface area contributed by atoms with Gasteiger partial charge in [-0.1, -0.05) is 24.3 Å². The molecule has 0 aliphatic carbocycles. The van der Waals surface area contributed by atoms with Crippen LogP contribution in [0.3, 0.4) is 0 Å². The van der Waals surface area contributed by atoms with Gasteiger partial charge in [0, 0.05) is 24.3 Å². The van der Waals surface area contributed by atoms with E-state index in [0.717, 1.165) is 11.1 Å². The normalized spacial score (nSPS) is 14.1. The average Bonchev–Trinajstić information content (AvgIpc) is 2.41. The second kappa shape index (κ2) is 8.38. The maximum Gasteiger partial charge on any atom is 0.320 e. The summed E-state index contributed by atoms with van der Waals surface area (Å²) in [6, 6.07) is 6.78. The number of carboxylic acid groups (broad SMARTS) is 1. The number of hydrogen-bond donors (Lipinski definition) is 3. The third-order valence-corrected chi connectivity index (χ3v) is 3.29. The molecule has 2 atom stereocenters.